The van der Waals surface area contributed by atoms with Crippen LogP contribution in [-0.4, -0.2) is 21.3 Å². The summed E-state index contributed by atoms with van der Waals surface area (Å²) >= 11 is 3.51. The Hall–Kier alpha value is -1.52. The summed E-state index contributed by atoms with van der Waals surface area (Å²) in [5.74, 6) is 1.67. The highest BCUT2D eigenvalue weighted by Crippen LogP contribution is 2.34. The Balaban J connectivity index is 2.54. The molecule has 1 atom stereocenters. The molecule has 2 rings (SSSR count). The summed E-state index contributed by atoms with van der Waals surface area (Å²) in [5.41, 5.74) is 3.49. The summed E-state index contributed by atoms with van der Waals surface area (Å²) in [4.78, 5) is 0. The smallest absolute Gasteiger partial charge is 0.124 e. The monoisotopic (exact) mass is 349 g/mol. The zero-order valence-corrected chi connectivity index (χ0v) is 14.3. The molecule has 2 aromatic rings. The van der Waals surface area contributed by atoms with Gasteiger partial charge in [0, 0.05) is 10.0 Å². The van der Waals surface area contributed by atoms with Crippen LogP contribution >= 0.6 is 15.9 Å². The minimum Gasteiger partial charge on any atom is -0.497 e. The highest BCUT2D eigenvalue weighted by Gasteiger charge is 2.19. The van der Waals surface area contributed by atoms with Crippen LogP contribution < -0.4 is 14.8 Å². The largest absolute Gasteiger partial charge is 0.497 e. The highest BCUT2D eigenvalue weighted by atomic mass is 79.9. The molecule has 4 heteroatoms. The van der Waals surface area contributed by atoms with E-state index in [-0.39, 0.29) is 6.04 Å². The lowest BCUT2D eigenvalue weighted by Crippen LogP contribution is -2.19. The van der Waals surface area contributed by atoms with Crippen LogP contribution in [0, 0.1) is 6.92 Å². The van der Waals surface area contributed by atoms with Gasteiger partial charge >= 0.3 is 0 Å². The Morgan fingerprint density at radius 3 is 2.33 bits per heavy atom. The van der Waals surface area contributed by atoms with E-state index < -0.39 is 0 Å². The topological polar surface area (TPSA) is 30.5 Å². The van der Waals surface area contributed by atoms with E-state index in [0.29, 0.717) is 0 Å². The third-order valence-electron chi connectivity index (χ3n) is 3.58. The molecule has 1 N–H and O–H groups in total. The van der Waals surface area contributed by atoms with Crippen molar-refractivity contribution in [2.45, 2.75) is 13.0 Å². The van der Waals surface area contributed by atoms with E-state index in [1.165, 1.54) is 11.1 Å². The molecule has 0 aliphatic rings. The van der Waals surface area contributed by atoms with Gasteiger partial charge in [0.25, 0.3) is 0 Å². The Morgan fingerprint density at radius 2 is 1.76 bits per heavy atom. The van der Waals surface area contributed by atoms with Crippen molar-refractivity contribution in [1.82, 2.24) is 5.32 Å². The molecule has 112 valence electrons. The average Bonchev–Trinajstić information content (AvgIpc) is 2.49. The lowest BCUT2D eigenvalue weighted by molar-refractivity contribution is 0.395. The minimum atomic E-state index is 0.0446. The van der Waals surface area contributed by atoms with Gasteiger partial charge in [0.1, 0.15) is 11.5 Å². The molecule has 0 spiro atoms. The van der Waals surface area contributed by atoms with Gasteiger partial charge in [-0.15, -0.1) is 0 Å². The Kier molecular flexibility index (Phi) is 5.26. The van der Waals surface area contributed by atoms with Crippen molar-refractivity contribution in [3.05, 3.63) is 57.6 Å². The molecule has 0 aromatic heterocycles. The van der Waals surface area contributed by atoms with Gasteiger partial charge in [-0.25, -0.2) is 0 Å². The van der Waals surface area contributed by atoms with Gasteiger partial charge in [0.05, 0.1) is 20.3 Å². The van der Waals surface area contributed by atoms with E-state index in [0.717, 1.165) is 21.5 Å². The molecular weight excluding hydrogens is 330 g/mol. The summed E-state index contributed by atoms with van der Waals surface area (Å²) in [7, 11) is 5.31. The molecule has 0 heterocycles. The van der Waals surface area contributed by atoms with Crippen LogP contribution in [0.2, 0.25) is 0 Å². The molecule has 1 unspecified atom stereocenters. The number of benzene rings is 2. The highest BCUT2D eigenvalue weighted by molar-refractivity contribution is 9.10. The molecule has 3 nitrogen and oxygen atoms in total. The maximum Gasteiger partial charge on any atom is 0.124 e. The van der Waals surface area contributed by atoms with Crippen molar-refractivity contribution >= 4 is 15.9 Å². The predicted molar refractivity (Wildman–Crippen MR) is 89.3 cm³/mol. The van der Waals surface area contributed by atoms with Crippen molar-refractivity contribution in [1.29, 1.82) is 0 Å². The number of hydrogen-bond acceptors (Lipinski definition) is 3. The molecule has 2 aromatic carbocycles. The third-order valence-corrected chi connectivity index (χ3v) is 4.07. The second kappa shape index (κ2) is 6.96. The zero-order valence-electron chi connectivity index (χ0n) is 12.7. The van der Waals surface area contributed by atoms with E-state index in [4.69, 9.17) is 9.47 Å². The van der Waals surface area contributed by atoms with Crippen LogP contribution in [0.3, 0.4) is 0 Å². The minimum absolute atomic E-state index is 0.0446. The van der Waals surface area contributed by atoms with Gasteiger partial charge in [-0.2, -0.15) is 0 Å². The normalized spacial score (nSPS) is 12.0. The SMILES string of the molecule is CNC(c1ccc(Br)cc1C)c1cc(OC)ccc1OC. The predicted octanol–water partition coefficient (Wildman–Crippen LogP) is 4.08. The molecule has 0 fully saturated rings. The third kappa shape index (κ3) is 3.39. The maximum absolute atomic E-state index is 5.51. The summed E-state index contributed by atoms with van der Waals surface area (Å²) < 4.78 is 11.9. The Morgan fingerprint density at radius 1 is 1.00 bits per heavy atom. The van der Waals surface area contributed by atoms with Crippen molar-refractivity contribution in [3.63, 3.8) is 0 Å². The van der Waals surface area contributed by atoms with Crippen LogP contribution in [-0.2, 0) is 0 Å². The first-order valence-corrected chi connectivity index (χ1v) is 7.55. The number of ether oxygens (including phenoxy) is 2. The molecule has 0 saturated carbocycles. The Bertz CT molecular complexity index is 628. The molecule has 0 radical (unpaired) electrons. The van der Waals surface area contributed by atoms with E-state index in [1.54, 1.807) is 14.2 Å². The number of aryl methyl sites for hydroxylation is 1. The summed E-state index contributed by atoms with van der Waals surface area (Å²) in [6.45, 7) is 2.11. The molecule has 21 heavy (non-hydrogen) atoms. The van der Waals surface area contributed by atoms with Crippen LogP contribution in [0.15, 0.2) is 40.9 Å². The lowest BCUT2D eigenvalue weighted by Gasteiger charge is -2.22. The number of halogens is 1. The first kappa shape index (κ1) is 15.9. The van der Waals surface area contributed by atoms with Crippen LogP contribution in [0.4, 0.5) is 0 Å². The molecule has 0 bridgehead atoms. The quantitative estimate of drug-likeness (QED) is 0.881. The fraction of sp³-hybridized carbons (Fsp3) is 0.294. The second-order valence-electron chi connectivity index (χ2n) is 4.83. The average molecular weight is 350 g/mol. The molecule has 0 aliphatic carbocycles. The van der Waals surface area contributed by atoms with Crippen LogP contribution in [0.25, 0.3) is 0 Å². The van der Waals surface area contributed by atoms with Gasteiger partial charge in [-0.3, -0.25) is 0 Å². The summed E-state index contributed by atoms with van der Waals surface area (Å²) in [5, 5.41) is 3.37. The van der Waals surface area contributed by atoms with E-state index in [9.17, 15) is 0 Å². The fourth-order valence-electron chi connectivity index (χ4n) is 2.51. The number of nitrogens with one attached hydrogen (secondary N) is 1. The number of hydrogen-bond donors (Lipinski definition) is 1. The van der Waals surface area contributed by atoms with Crippen molar-refractivity contribution in [2.24, 2.45) is 0 Å². The van der Waals surface area contributed by atoms with E-state index in [1.807, 2.05) is 25.2 Å². The van der Waals surface area contributed by atoms with E-state index >= 15 is 0 Å². The maximum atomic E-state index is 5.51. The van der Waals surface area contributed by atoms with Gasteiger partial charge in [-0.05, 0) is 55.4 Å². The van der Waals surface area contributed by atoms with Crippen molar-refractivity contribution < 1.29 is 9.47 Å². The first-order valence-electron chi connectivity index (χ1n) is 6.76. The lowest BCUT2D eigenvalue weighted by atomic mass is 9.94. The molecule has 0 saturated heterocycles. The number of methoxy groups -OCH3 is 2. The van der Waals surface area contributed by atoms with Crippen LogP contribution in [0.5, 0.6) is 11.5 Å². The van der Waals surface area contributed by atoms with Gasteiger partial charge in [-0.1, -0.05) is 22.0 Å². The summed E-state index contributed by atoms with van der Waals surface area (Å²) in [6, 6.07) is 12.2. The first-order chi connectivity index (χ1) is 10.1. The second-order valence-corrected chi connectivity index (χ2v) is 5.75. The van der Waals surface area contributed by atoms with Gasteiger partial charge in [0.15, 0.2) is 0 Å². The van der Waals surface area contributed by atoms with Gasteiger partial charge in [0.2, 0.25) is 0 Å². The van der Waals surface area contributed by atoms with E-state index in [2.05, 4.69) is 46.4 Å². The molecule has 0 amide bonds. The van der Waals surface area contributed by atoms with Crippen LogP contribution in [0.1, 0.15) is 22.7 Å². The molecule has 0 aliphatic heterocycles. The molecular formula is C17H20BrNO2. The summed E-state index contributed by atoms with van der Waals surface area (Å²) in [6.07, 6.45) is 0. The Labute approximate surface area is 134 Å². The van der Waals surface area contributed by atoms with Crippen molar-refractivity contribution in [3.8, 4) is 11.5 Å². The standard InChI is InChI=1S/C17H20BrNO2/c1-11-9-12(18)5-7-14(11)17(19-2)15-10-13(20-3)6-8-16(15)21-4/h5-10,17,19H,1-4H3. The van der Waals surface area contributed by atoms with Crippen molar-refractivity contribution in [2.75, 3.05) is 21.3 Å². The van der Waals surface area contributed by atoms with Gasteiger partial charge < -0.3 is 14.8 Å². The number of rotatable bonds is 5. The fourth-order valence-corrected chi connectivity index (χ4v) is 2.98. The zero-order chi connectivity index (χ0) is 15.4.